The van der Waals surface area contributed by atoms with Crippen LogP contribution in [-0.4, -0.2) is 47.0 Å². The van der Waals surface area contributed by atoms with Gasteiger partial charge in [-0.15, -0.1) is 0 Å². The van der Waals surface area contributed by atoms with Crippen molar-refractivity contribution >= 4 is 11.8 Å². The lowest BCUT2D eigenvalue weighted by atomic mass is 10.4. The van der Waals surface area contributed by atoms with Crippen molar-refractivity contribution < 1.29 is 10.2 Å². The molecule has 2 unspecified atom stereocenters. The van der Waals surface area contributed by atoms with Crippen molar-refractivity contribution in [2.45, 2.75) is 26.0 Å². The van der Waals surface area contributed by atoms with Crippen molar-refractivity contribution in [1.29, 1.82) is 0 Å². The largest absolute Gasteiger partial charge is 0.394 e. The number of nitrogens with one attached hydrogen (secondary N) is 1. The molecule has 0 bridgehead atoms. The van der Waals surface area contributed by atoms with Crippen LogP contribution >= 0.6 is 11.8 Å². The molecule has 0 amide bonds. The summed E-state index contributed by atoms with van der Waals surface area (Å²) in [5.74, 6) is 1.59. The molecule has 74 valence electrons. The van der Waals surface area contributed by atoms with Crippen molar-refractivity contribution in [2.75, 3.05) is 24.7 Å². The van der Waals surface area contributed by atoms with Gasteiger partial charge in [0, 0.05) is 17.5 Å². The molecule has 3 nitrogen and oxygen atoms in total. The van der Waals surface area contributed by atoms with Crippen LogP contribution in [0.15, 0.2) is 0 Å². The van der Waals surface area contributed by atoms with Gasteiger partial charge in [-0.05, 0) is 13.5 Å². The first-order valence-corrected chi connectivity index (χ1v) is 5.46. The van der Waals surface area contributed by atoms with Crippen LogP contribution in [0.3, 0.4) is 0 Å². The summed E-state index contributed by atoms with van der Waals surface area (Å²) in [5.41, 5.74) is 0. The first kappa shape index (κ1) is 12.2. The van der Waals surface area contributed by atoms with Crippen LogP contribution < -0.4 is 5.32 Å². The van der Waals surface area contributed by atoms with Crippen LogP contribution in [0.5, 0.6) is 0 Å². The predicted molar refractivity (Wildman–Crippen MR) is 53.6 cm³/mol. The van der Waals surface area contributed by atoms with Crippen molar-refractivity contribution in [1.82, 2.24) is 5.32 Å². The van der Waals surface area contributed by atoms with E-state index in [0.717, 1.165) is 12.3 Å². The third kappa shape index (κ3) is 6.91. The third-order valence-corrected chi connectivity index (χ3v) is 2.80. The Hall–Kier alpha value is 0.230. The number of thioether (sulfide) groups is 1. The van der Waals surface area contributed by atoms with Crippen LogP contribution in [0.25, 0.3) is 0 Å². The van der Waals surface area contributed by atoms with Gasteiger partial charge in [0.15, 0.2) is 0 Å². The highest BCUT2D eigenvalue weighted by Crippen LogP contribution is 2.04. The fraction of sp³-hybridized carbons (Fsp3) is 1.00. The monoisotopic (exact) mass is 193 g/mol. The highest BCUT2D eigenvalue weighted by atomic mass is 32.2. The Morgan fingerprint density at radius 1 is 1.42 bits per heavy atom. The third-order valence-electron chi connectivity index (χ3n) is 1.44. The molecule has 0 spiro atoms. The zero-order valence-electron chi connectivity index (χ0n) is 7.79. The zero-order valence-corrected chi connectivity index (χ0v) is 8.60. The van der Waals surface area contributed by atoms with E-state index in [2.05, 4.69) is 19.2 Å². The van der Waals surface area contributed by atoms with Crippen LogP contribution in [0, 0.1) is 0 Å². The highest BCUT2D eigenvalue weighted by molar-refractivity contribution is 7.99. The van der Waals surface area contributed by atoms with Crippen LogP contribution in [-0.2, 0) is 0 Å². The molecule has 0 saturated heterocycles. The quantitative estimate of drug-likeness (QED) is 0.535. The minimum atomic E-state index is -0.566. The number of hydrogen-bond donors (Lipinski definition) is 3. The van der Waals surface area contributed by atoms with Crippen LogP contribution in [0.4, 0.5) is 0 Å². The molecule has 0 saturated carbocycles. The van der Waals surface area contributed by atoms with Crippen LogP contribution in [0.2, 0.25) is 0 Å². The van der Waals surface area contributed by atoms with Crippen molar-refractivity contribution in [3.8, 4) is 0 Å². The Morgan fingerprint density at radius 3 is 2.58 bits per heavy atom. The zero-order chi connectivity index (χ0) is 9.40. The Bertz CT molecular complexity index is 103. The molecule has 4 heteroatoms. The van der Waals surface area contributed by atoms with E-state index in [1.165, 1.54) is 0 Å². The molecular weight excluding hydrogens is 174 g/mol. The maximum absolute atomic E-state index is 9.01. The molecule has 0 rings (SSSR count). The van der Waals surface area contributed by atoms with Crippen molar-refractivity contribution in [3.05, 3.63) is 0 Å². The molecule has 0 fully saturated rings. The first-order chi connectivity index (χ1) is 5.70. The molecule has 0 radical (unpaired) electrons. The standard InChI is InChI=1S/C8H19NO2S/c1-3-9-7(2)5-12-6-8(11)4-10/h7-11H,3-6H2,1-2H3. The van der Waals surface area contributed by atoms with Gasteiger partial charge in [0.25, 0.3) is 0 Å². The second-order valence-electron chi connectivity index (χ2n) is 2.83. The molecule has 0 aliphatic heterocycles. The molecule has 0 heterocycles. The van der Waals surface area contributed by atoms with Gasteiger partial charge in [0.2, 0.25) is 0 Å². The van der Waals surface area contributed by atoms with E-state index in [1.807, 2.05) is 0 Å². The van der Waals surface area contributed by atoms with E-state index in [1.54, 1.807) is 11.8 Å². The van der Waals surface area contributed by atoms with Crippen molar-refractivity contribution in [2.24, 2.45) is 0 Å². The van der Waals surface area contributed by atoms with E-state index in [9.17, 15) is 0 Å². The average Bonchev–Trinajstić information content (AvgIpc) is 2.04. The van der Waals surface area contributed by atoms with Gasteiger partial charge >= 0.3 is 0 Å². The maximum Gasteiger partial charge on any atom is 0.0861 e. The molecule has 3 N–H and O–H groups in total. The van der Waals surface area contributed by atoms with Gasteiger partial charge in [-0.3, -0.25) is 0 Å². The van der Waals surface area contributed by atoms with E-state index in [-0.39, 0.29) is 6.61 Å². The topological polar surface area (TPSA) is 52.5 Å². The van der Waals surface area contributed by atoms with E-state index < -0.39 is 6.10 Å². The lowest BCUT2D eigenvalue weighted by molar-refractivity contribution is 0.113. The summed E-state index contributed by atoms with van der Waals surface area (Å²) in [6, 6.07) is 0.478. The fourth-order valence-electron chi connectivity index (χ4n) is 0.841. The minimum absolute atomic E-state index is 0.136. The summed E-state index contributed by atoms with van der Waals surface area (Å²) in [7, 11) is 0. The normalized spacial score (nSPS) is 16.0. The molecule has 0 aliphatic rings. The van der Waals surface area contributed by atoms with Crippen LogP contribution in [0.1, 0.15) is 13.8 Å². The highest BCUT2D eigenvalue weighted by Gasteiger charge is 2.04. The Labute approximate surface area is 78.6 Å². The first-order valence-electron chi connectivity index (χ1n) is 4.30. The smallest absolute Gasteiger partial charge is 0.0861 e. The van der Waals surface area contributed by atoms with E-state index in [0.29, 0.717) is 11.8 Å². The number of rotatable bonds is 7. The second-order valence-corrected chi connectivity index (χ2v) is 3.91. The second kappa shape index (κ2) is 7.86. The summed E-state index contributed by atoms with van der Waals surface area (Å²) in [6.07, 6.45) is -0.566. The molecule has 12 heavy (non-hydrogen) atoms. The summed E-state index contributed by atoms with van der Waals surface area (Å²) in [4.78, 5) is 0. The van der Waals surface area contributed by atoms with Gasteiger partial charge in [0.1, 0.15) is 0 Å². The minimum Gasteiger partial charge on any atom is -0.394 e. The molecule has 2 atom stereocenters. The maximum atomic E-state index is 9.01. The Balaban J connectivity index is 3.18. The van der Waals surface area contributed by atoms with Crippen molar-refractivity contribution in [3.63, 3.8) is 0 Å². The van der Waals surface area contributed by atoms with Gasteiger partial charge in [-0.25, -0.2) is 0 Å². The fourth-order valence-corrected chi connectivity index (χ4v) is 1.83. The SMILES string of the molecule is CCNC(C)CSCC(O)CO. The molecule has 0 aromatic heterocycles. The lowest BCUT2D eigenvalue weighted by Crippen LogP contribution is -2.28. The summed E-state index contributed by atoms with van der Waals surface area (Å²) in [6.45, 7) is 5.03. The number of hydrogen-bond acceptors (Lipinski definition) is 4. The van der Waals surface area contributed by atoms with E-state index >= 15 is 0 Å². The van der Waals surface area contributed by atoms with Gasteiger partial charge in [0.05, 0.1) is 12.7 Å². The summed E-state index contributed by atoms with van der Waals surface area (Å²) in [5, 5.41) is 20.8. The predicted octanol–water partition coefficient (Wildman–Crippen LogP) is 0.0708. The molecule has 0 aliphatic carbocycles. The molecule has 0 aromatic carbocycles. The summed E-state index contributed by atoms with van der Waals surface area (Å²) < 4.78 is 0. The van der Waals surface area contributed by atoms with E-state index in [4.69, 9.17) is 10.2 Å². The molecular formula is C8H19NO2S. The summed E-state index contributed by atoms with van der Waals surface area (Å²) >= 11 is 1.66. The number of aliphatic hydroxyl groups is 2. The lowest BCUT2D eigenvalue weighted by Gasteiger charge is -2.12. The average molecular weight is 193 g/mol. The number of aliphatic hydroxyl groups excluding tert-OH is 2. The van der Waals surface area contributed by atoms with Gasteiger partial charge in [-0.1, -0.05) is 6.92 Å². The van der Waals surface area contributed by atoms with Gasteiger partial charge in [-0.2, -0.15) is 11.8 Å². The molecule has 0 aromatic rings. The Morgan fingerprint density at radius 2 is 2.08 bits per heavy atom. The Kier molecular flexibility index (Phi) is 8.01. The van der Waals surface area contributed by atoms with Gasteiger partial charge < -0.3 is 15.5 Å².